The molecule has 5 heteroatoms. The van der Waals surface area contributed by atoms with Crippen LogP contribution in [0, 0.1) is 19.8 Å². The van der Waals surface area contributed by atoms with Crippen LogP contribution in [0.3, 0.4) is 0 Å². The number of hydrogen-bond acceptors (Lipinski definition) is 3. The Bertz CT molecular complexity index is 594. The predicted octanol–water partition coefficient (Wildman–Crippen LogP) is 2.00. The molecule has 1 aromatic rings. The van der Waals surface area contributed by atoms with Crippen molar-refractivity contribution in [2.75, 3.05) is 19.6 Å². The average Bonchev–Trinajstić information content (AvgIpc) is 2.51. The van der Waals surface area contributed by atoms with Gasteiger partial charge in [0.25, 0.3) is 5.91 Å². The molecule has 3 heterocycles. The van der Waals surface area contributed by atoms with Crippen molar-refractivity contribution in [3.63, 3.8) is 0 Å². The van der Waals surface area contributed by atoms with Gasteiger partial charge in [0.2, 0.25) is 0 Å². The number of aryl methyl sites for hydroxylation is 2. The maximum Gasteiger partial charge on any atom is 0.257 e. The van der Waals surface area contributed by atoms with Crippen LogP contribution in [0.5, 0.6) is 0 Å². The number of carbonyl (C=O) groups is 1. The first-order chi connectivity index (χ1) is 10.5. The molecule has 1 amide bonds. The van der Waals surface area contributed by atoms with Crippen molar-refractivity contribution in [3.05, 3.63) is 34.9 Å². The van der Waals surface area contributed by atoms with Crippen LogP contribution < -0.4 is 10.6 Å². The zero-order valence-corrected chi connectivity index (χ0v) is 14.0. The minimum Gasteiger partial charge on any atom is -0.358 e. The third-order valence-electron chi connectivity index (χ3n) is 4.97. The van der Waals surface area contributed by atoms with E-state index in [1.807, 2.05) is 32.0 Å². The number of nitrogens with zero attached hydrogens (tertiary/aromatic N) is 1. The first kappa shape index (κ1) is 15.4. The summed E-state index contributed by atoms with van der Waals surface area (Å²) in [7, 11) is 0. The molecule has 3 saturated heterocycles. The molecule has 1 unspecified atom stereocenters. The molecule has 0 radical (unpaired) electrons. The Morgan fingerprint density at radius 1 is 1.23 bits per heavy atom. The molecule has 3 aliphatic heterocycles. The molecule has 0 aromatic heterocycles. The van der Waals surface area contributed by atoms with Gasteiger partial charge in [-0.05, 0) is 81.2 Å². The fourth-order valence-electron chi connectivity index (χ4n) is 3.39. The summed E-state index contributed by atoms with van der Waals surface area (Å²) in [5.41, 5.74) is 2.95. The Labute approximate surface area is 137 Å². The SMILES string of the molecule is Cc1ccc(C(=O)NC(=S)NC2CN3CCC2CC3)cc1C. The van der Waals surface area contributed by atoms with E-state index in [0.717, 1.165) is 12.1 Å². The maximum atomic E-state index is 12.3. The van der Waals surface area contributed by atoms with Crippen LogP contribution in [0.2, 0.25) is 0 Å². The standard InChI is InChI=1S/C17H23N3OS/c1-11-3-4-14(9-12(11)2)16(21)19-17(22)18-15-10-20-7-5-13(15)6-8-20/h3-4,9,13,15H,5-8,10H2,1-2H3,(H2,18,19,21,22). The summed E-state index contributed by atoms with van der Waals surface area (Å²) < 4.78 is 0. The van der Waals surface area contributed by atoms with E-state index in [0.29, 0.717) is 22.6 Å². The molecule has 4 rings (SSSR count). The predicted molar refractivity (Wildman–Crippen MR) is 92.1 cm³/mol. The lowest BCUT2D eigenvalue weighted by molar-refractivity contribution is 0.0807. The van der Waals surface area contributed by atoms with E-state index in [1.54, 1.807) is 0 Å². The summed E-state index contributed by atoms with van der Waals surface area (Å²) in [6, 6.07) is 6.08. The zero-order chi connectivity index (χ0) is 15.7. The fourth-order valence-corrected chi connectivity index (χ4v) is 3.64. The lowest BCUT2D eigenvalue weighted by atomic mass is 9.84. The molecule has 118 valence electrons. The van der Waals surface area contributed by atoms with E-state index in [-0.39, 0.29) is 5.91 Å². The summed E-state index contributed by atoms with van der Waals surface area (Å²) in [4.78, 5) is 14.7. The van der Waals surface area contributed by atoms with Crippen LogP contribution in [-0.2, 0) is 0 Å². The Morgan fingerprint density at radius 3 is 2.55 bits per heavy atom. The molecule has 0 spiro atoms. The van der Waals surface area contributed by atoms with Gasteiger partial charge in [-0.2, -0.15) is 0 Å². The van der Waals surface area contributed by atoms with Crippen LogP contribution in [0.25, 0.3) is 0 Å². The molecule has 0 aliphatic carbocycles. The molecule has 1 aromatic carbocycles. The summed E-state index contributed by atoms with van der Waals surface area (Å²) in [5, 5.41) is 6.59. The summed E-state index contributed by atoms with van der Waals surface area (Å²) in [6.45, 7) is 7.48. The minimum absolute atomic E-state index is 0.137. The van der Waals surface area contributed by atoms with E-state index in [4.69, 9.17) is 12.2 Å². The number of hydrogen-bond donors (Lipinski definition) is 2. The fraction of sp³-hybridized carbons (Fsp3) is 0.529. The third-order valence-corrected chi connectivity index (χ3v) is 5.19. The highest BCUT2D eigenvalue weighted by Gasteiger charge is 2.34. The first-order valence-electron chi connectivity index (χ1n) is 7.94. The smallest absolute Gasteiger partial charge is 0.257 e. The van der Waals surface area contributed by atoms with Crippen molar-refractivity contribution in [3.8, 4) is 0 Å². The second kappa shape index (κ2) is 6.34. The maximum absolute atomic E-state index is 12.3. The molecule has 3 fully saturated rings. The van der Waals surface area contributed by atoms with E-state index in [9.17, 15) is 4.79 Å². The number of carbonyl (C=O) groups excluding carboxylic acids is 1. The van der Waals surface area contributed by atoms with Gasteiger partial charge in [0, 0.05) is 18.2 Å². The van der Waals surface area contributed by atoms with Gasteiger partial charge in [-0.3, -0.25) is 10.1 Å². The molecule has 0 saturated carbocycles. The number of thiocarbonyl (C=S) groups is 1. The second-order valence-electron chi connectivity index (χ2n) is 6.47. The molecule has 22 heavy (non-hydrogen) atoms. The van der Waals surface area contributed by atoms with Crippen LogP contribution in [0.15, 0.2) is 18.2 Å². The quantitative estimate of drug-likeness (QED) is 0.819. The van der Waals surface area contributed by atoms with Gasteiger partial charge in [0.15, 0.2) is 5.11 Å². The number of amides is 1. The van der Waals surface area contributed by atoms with Gasteiger partial charge in [-0.1, -0.05) is 6.07 Å². The monoisotopic (exact) mass is 317 g/mol. The van der Waals surface area contributed by atoms with Crippen LogP contribution in [0.4, 0.5) is 0 Å². The third kappa shape index (κ3) is 3.31. The Hall–Kier alpha value is -1.46. The number of fused-ring (bicyclic) bond motifs is 3. The van der Waals surface area contributed by atoms with Gasteiger partial charge < -0.3 is 10.2 Å². The minimum atomic E-state index is -0.137. The molecule has 1 atom stereocenters. The van der Waals surface area contributed by atoms with Crippen molar-refractivity contribution < 1.29 is 4.79 Å². The Balaban J connectivity index is 1.57. The van der Waals surface area contributed by atoms with E-state index in [1.165, 1.54) is 31.5 Å². The van der Waals surface area contributed by atoms with Crippen molar-refractivity contribution in [1.29, 1.82) is 0 Å². The van der Waals surface area contributed by atoms with Crippen molar-refractivity contribution >= 4 is 23.2 Å². The van der Waals surface area contributed by atoms with Gasteiger partial charge in [-0.15, -0.1) is 0 Å². The van der Waals surface area contributed by atoms with Gasteiger partial charge in [0.1, 0.15) is 0 Å². The highest BCUT2D eigenvalue weighted by atomic mass is 32.1. The second-order valence-corrected chi connectivity index (χ2v) is 6.88. The number of nitrogens with one attached hydrogen (secondary N) is 2. The highest BCUT2D eigenvalue weighted by molar-refractivity contribution is 7.80. The average molecular weight is 317 g/mol. The van der Waals surface area contributed by atoms with Crippen LogP contribution in [0.1, 0.15) is 34.3 Å². The normalized spacial score (nSPS) is 26.5. The van der Waals surface area contributed by atoms with Crippen molar-refractivity contribution in [2.45, 2.75) is 32.7 Å². The molecule has 3 aliphatic rings. The Morgan fingerprint density at radius 2 is 1.95 bits per heavy atom. The van der Waals surface area contributed by atoms with Gasteiger partial charge in [-0.25, -0.2) is 0 Å². The topological polar surface area (TPSA) is 44.4 Å². The lowest BCUT2D eigenvalue weighted by Crippen LogP contribution is -2.59. The summed E-state index contributed by atoms with van der Waals surface area (Å²) in [5.74, 6) is 0.545. The number of piperidine rings is 3. The molecule has 2 bridgehead atoms. The van der Waals surface area contributed by atoms with Crippen LogP contribution >= 0.6 is 12.2 Å². The van der Waals surface area contributed by atoms with E-state index in [2.05, 4.69) is 15.5 Å². The zero-order valence-electron chi connectivity index (χ0n) is 13.2. The van der Waals surface area contributed by atoms with Gasteiger partial charge >= 0.3 is 0 Å². The van der Waals surface area contributed by atoms with Crippen LogP contribution in [-0.4, -0.2) is 41.6 Å². The summed E-state index contributed by atoms with van der Waals surface area (Å²) >= 11 is 5.32. The Kier molecular flexibility index (Phi) is 4.45. The van der Waals surface area contributed by atoms with Crippen molar-refractivity contribution in [1.82, 2.24) is 15.5 Å². The molecular weight excluding hydrogens is 294 g/mol. The highest BCUT2D eigenvalue weighted by Crippen LogP contribution is 2.27. The van der Waals surface area contributed by atoms with E-state index < -0.39 is 0 Å². The molecular formula is C17H23N3OS. The molecule has 4 nitrogen and oxygen atoms in total. The van der Waals surface area contributed by atoms with Crippen molar-refractivity contribution in [2.24, 2.45) is 5.92 Å². The largest absolute Gasteiger partial charge is 0.358 e. The van der Waals surface area contributed by atoms with E-state index >= 15 is 0 Å². The number of rotatable bonds is 2. The lowest BCUT2D eigenvalue weighted by Gasteiger charge is -2.45. The van der Waals surface area contributed by atoms with Gasteiger partial charge in [0.05, 0.1) is 0 Å². The molecule has 2 N–H and O–H groups in total. The summed E-state index contributed by atoms with van der Waals surface area (Å²) in [6.07, 6.45) is 2.46. The first-order valence-corrected chi connectivity index (χ1v) is 8.35. The number of benzene rings is 1.